The average Bonchev–Trinajstić information content (AvgIpc) is 3.20. The van der Waals surface area contributed by atoms with Crippen LogP contribution in [0.2, 0.25) is 0 Å². The zero-order valence-corrected chi connectivity index (χ0v) is 17.2. The van der Waals surface area contributed by atoms with Crippen molar-refractivity contribution < 1.29 is 4.79 Å². The van der Waals surface area contributed by atoms with E-state index in [1.165, 1.54) is 22.9 Å². The van der Waals surface area contributed by atoms with Gasteiger partial charge in [0, 0.05) is 5.70 Å². The van der Waals surface area contributed by atoms with Crippen LogP contribution in [0.25, 0.3) is 0 Å². The molecule has 140 valence electrons. The fraction of sp³-hybridized carbons (Fsp3) is 0.389. The first kappa shape index (κ1) is 19.9. The quantitative estimate of drug-likeness (QED) is 0.682. The Morgan fingerprint density at radius 3 is 2.85 bits per heavy atom. The summed E-state index contributed by atoms with van der Waals surface area (Å²) < 4.78 is 0.643. The van der Waals surface area contributed by atoms with E-state index in [0.717, 1.165) is 12.1 Å². The molecule has 26 heavy (non-hydrogen) atoms. The average molecular weight is 433 g/mol. The van der Waals surface area contributed by atoms with Gasteiger partial charge in [0.25, 0.3) is 0 Å². The maximum absolute atomic E-state index is 12.5. The molecule has 2 unspecified atom stereocenters. The van der Waals surface area contributed by atoms with E-state index in [9.17, 15) is 4.79 Å². The normalized spacial score (nSPS) is 28.8. The topological polar surface area (TPSA) is 53.2 Å². The highest BCUT2D eigenvalue weighted by molar-refractivity contribution is 8.05. The number of halogens is 3. The van der Waals surface area contributed by atoms with Crippen molar-refractivity contribution in [1.82, 2.24) is 16.0 Å². The lowest BCUT2D eigenvalue weighted by atomic mass is 10.1. The molecule has 3 N–H and O–H groups in total. The van der Waals surface area contributed by atoms with Crippen LogP contribution in [0.1, 0.15) is 23.6 Å². The Morgan fingerprint density at radius 2 is 2.12 bits per heavy atom. The highest BCUT2D eigenvalue weighted by Crippen LogP contribution is 2.45. The van der Waals surface area contributed by atoms with Crippen LogP contribution in [-0.2, 0) is 11.2 Å². The van der Waals surface area contributed by atoms with Crippen molar-refractivity contribution in [3.8, 4) is 0 Å². The number of carbonyl (C=O) groups is 1. The molecule has 4 nitrogen and oxygen atoms in total. The number of carbonyl (C=O) groups excluding carboxylic acids is 1. The summed E-state index contributed by atoms with van der Waals surface area (Å²) in [6.07, 6.45) is 3.25. The van der Waals surface area contributed by atoms with E-state index < -0.39 is 0 Å². The van der Waals surface area contributed by atoms with Crippen LogP contribution in [-0.4, -0.2) is 30.3 Å². The van der Waals surface area contributed by atoms with Gasteiger partial charge >= 0.3 is 0 Å². The zero-order valence-electron chi connectivity index (χ0n) is 14.1. The lowest BCUT2D eigenvalue weighted by molar-refractivity contribution is -0.121. The van der Waals surface area contributed by atoms with E-state index in [1.807, 2.05) is 19.2 Å². The molecular weight excluding hydrogens is 413 g/mol. The standard InChI is InChI=1S/C18H19Cl2N3OS.ClH/c1-21-16-11-5-3-2-4-9(11)6-12(16)23-14(24)8-10-7-13-17(22-10)15(19)18(20)25-13;/h2-5,7,12-13,16-17,21-22H,6,8H2,1H3,(H,23,24);1H/t12-,13?,16-,17?;/m1./s1. The lowest BCUT2D eigenvalue weighted by Gasteiger charge is -2.21. The smallest absolute Gasteiger partial charge is 0.226 e. The third kappa shape index (κ3) is 3.60. The van der Waals surface area contributed by atoms with Crippen molar-refractivity contribution in [2.24, 2.45) is 0 Å². The van der Waals surface area contributed by atoms with Crippen LogP contribution in [0.15, 0.2) is 45.4 Å². The Balaban J connectivity index is 0.00000196. The second-order valence-electron chi connectivity index (χ2n) is 6.54. The van der Waals surface area contributed by atoms with Gasteiger partial charge in [0.05, 0.1) is 39.2 Å². The summed E-state index contributed by atoms with van der Waals surface area (Å²) in [5.41, 5.74) is 3.48. The number of amides is 1. The third-order valence-electron chi connectivity index (χ3n) is 4.98. The number of hydrogen-bond donors (Lipinski definition) is 3. The summed E-state index contributed by atoms with van der Waals surface area (Å²) >= 11 is 13.8. The Hall–Kier alpha value is -0.850. The van der Waals surface area contributed by atoms with Crippen LogP contribution >= 0.6 is 47.4 Å². The van der Waals surface area contributed by atoms with E-state index >= 15 is 0 Å². The maximum Gasteiger partial charge on any atom is 0.226 e. The molecule has 4 rings (SSSR count). The lowest BCUT2D eigenvalue weighted by Crippen LogP contribution is -2.42. The van der Waals surface area contributed by atoms with Crippen LogP contribution in [0, 0.1) is 0 Å². The molecule has 0 saturated heterocycles. The van der Waals surface area contributed by atoms with Crippen LogP contribution in [0.4, 0.5) is 0 Å². The van der Waals surface area contributed by atoms with Gasteiger partial charge in [-0.25, -0.2) is 0 Å². The molecular formula is C18H20Cl3N3OS. The molecule has 0 spiro atoms. The Labute approximate surface area is 173 Å². The Kier molecular flexibility index (Phi) is 6.14. The first-order valence-electron chi connectivity index (χ1n) is 8.30. The predicted octanol–water partition coefficient (Wildman–Crippen LogP) is 3.42. The summed E-state index contributed by atoms with van der Waals surface area (Å²) in [6, 6.07) is 8.56. The second-order valence-corrected chi connectivity index (χ2v) is 8.74. The zero-order chi connectivity index (χ0) is 17.6. The summed E-state index contributed by atoms with van der Waals surface area (Å²) in [6.45, 7) is 0. The number of thioether (sulfide) groups is 1. The van der Waals surface area contributed by atoms with Gasteiger partial charge in [-0.2, -0.15) is 0 Å². The number of rotatable bonds is 4. The largest absolute Gasteiger partial charge is 0.379 e. The number of benzene rings is 1. The van der Waals surface area contributed by atoms with E-state index in [-0.39, 0.29) is 41.7 Å². The molecule has 1 aliphatic carbocycles. The second kappa shape index (κ2) is 8.03. The summed E-state index contributed by atoms with van der Waals surface area (Å²) in [5, 5.41) is 10.7. The molecule has 1 amide bonds. The van der Waals surface area contributed by atoms with Gasteiger partial charge in [0.2, 0.25) is 5.91 Å². The van der Waals surface area contributed by atoms with Crippen molar-refractivity contribution in [2.45, 2.75) is 36.2 Å². The maximum atomic E-state index is 12.5. The van der Waals surface area contributed by atoms with Gasteiger partial charge < -0.3 is 16.0 Å². The molecule has 1 aromatic carbocycles. The minimum absolute atomic E-state index is 0. The van der Waals surface area contributed by atoms with E-state index in [0.29, 0.717) is 15.8 Å². The van der Waals surface area contributed by atoms with Crippen molar-refractivity contribution in [1.29, 1.82) is 0 Å². The molecule has 0 aromatic heterocycles. The molecule has 0 bridgehead atoms. The van der Waals surface area contributed by atoms with Gasteiger partial charge in [-0.3, -0.25) is 4.79 Å². The van der Waals surface area contributed by atoms with Crippen LogP contribution in [0.5, 0.6) is 0 Å². The third-order valence-corrected chi connectivity index (χ3v) is 7.19. The summed E-state index contributed by atoms with van der Waals surface area (Å²) in [7, 11) is 1.93. The molecule has 3 aliphatic rings. The Morgan fingerprint density at radius 1 is 1.35 bits per heavy atom. The minimum Gasteiger partial charge on any atom is -0.379 e. The van der Waals surface area contributed by atoms with E-state index in [2.05, 4.69) is 34.2 Å². The SMILES string of the molecule is CN[C@@H]1c2ccccc2C[C@H]1NC(=O)CC1=CC2SC(Cl)=C(Cl)C2N1.Cl. The van der Waals surface area contributed by atoms with Gasteiger partial charge in [0.15, 0.2) is 0 Å². The molecule has 0 radical (unpaired) electrons. The fourth-order valence-electron chi connectivity index (χ4n) is 3.86. The molecule has 0 saturated carbocycles. The van der Waals surface area contributed by atoms with E-state index in [4.69, 9.17) is 23.2 Å². The van der Waals surface area contributed by atoms with Gasteiger partial charge in [-0.05, 0) is 30.7 Å². The van der Waals surface area contributed by atoms with Crippen LogP contribution < -0.4 is 16.0 Å². The van der Waals surface area contributed by atoms with Crippen molar-refractivity contribution >= 4 is 53.3 Å². The van der Waals surface area contributed by atoms with Gasteiger partial charge in [-0.1, -0.05) is 47.5 Å². The number of hydrogen-bond acceptors (Lipinski definition) is 4. The van der Waals surface area contributed by atoms with Crippen molar-refractivity contribution in [2.75, 3.05) is 7.05 Å². The van der Waals surface area contributed by atoms with Gasteiger partial charge in [0.1, 0.15) is 0 Å². The van der Waals surface area contributed by atoms with Crippen molar-refractivity contribution in [3.63, 3.8) is 0 Å². The Bertz CT molecular complexity index is 783. The highest BCUT2D eigenvalue weighted by atomic mass is 35.5. The molecule has 2 heterocycles. The predicted molar refractivity (Wildman–Crippen MR) is 111 cm³/mol. The molecule has 8 heteroatoms. The summed E-state index contributed by atoms with van der Waals surface area (Å²) in [4.78, 5) is 12.5. The fourth-order valence-corrected chi connectivity index (χ4v) is 5.73. The number of fused-ring (bicyclic) bond motifs is 2. The molecule has 2 aliphatic heterocycles. The molecule has 0 fully saturated rings. The number of likely N-dealkylation sites (N-methyl/N-ethyl adjacent to an activating group) is 1. The van der Waals surface area contributed by atoms with E-state index in [1.54, 1.807) is 0 Å². The highest BCUT2D eigenvalue weighted by Gasteiger charge is 2.38. The molecule has 1 aromatic rings. The van der Waals surface area contributed by atoms with Crippen molar-refractivity contribution in [3.05, 3.63) is 56.6 Å². The monoisotopic (exact) mass is 431 g/mol. The summed E-state index contributed by atoms with van der Waals surface area (Å²) in [5.74, 6) is 0.0213. The number of nitrogens with one attached hydrogen (secondary N) is 3. The first-order chi connectivity index (χ1) is 12.1. The minimum atomic E-state index is 0. The molecule has 4 atom stereocenters. The van der Waals surface area contributed by atoms with Gasteiger partial charge in [-0.15, -0.1) is 24.2 Å². The first-order valence-corrected chi connectivity index (χ1v) is 9.94. The van der Waals surface area contributed by atoms with Crippen LogP contribution in [0.3, 0.4) is 0 Å².